The Kier molecular flexibility index (Phi) is 6.91. The molecule has 0 bridgehead atoms. The van der Waals surface area contributed by atoms with E-state index in [1.165, 1.54) is 4.90 Å². The maximum Gasteiger partial charge on any atom is 0.314 e. The summed E-state index contributed by atoms with van der Waals surface area (Å²) < 4.78 is 5.42. The minimum atomic E-state index is -0.220. The summed E-state index contributed by atoms with van der Waals surface area (Å²) in [6, 6.07) is 7.77. The van der Waals surface area contributed by atoms with Crippen molar-refractivity contribution in [3.8, 4) is 5.75 Å². The van der Waals surface area contributed by atoms with Gasteiger partial charge in [0.05, 0.1) is 12.8 Å². The van der Waals surface area contributed by atoms with E-state index in [2.05, 4.69) is 21.6 Å². The van der Waals surface area contributed by atoms with Gasteiger partial charge in [0.2, 0.25) is 5.91 Å². The van der Waals surface area contributed by atoms with Gasteiger partial charge in [-0.3, -0.25) is 4.79 Å². The number of hydrogen-bond acceptors (Lipinski definition) is 4. The van der Waals surface area contributed by atoms with Crippen LogP contribution >= 0.6 is 0 Å². The van der Waals surface area contributed by atoms with Crippen LogP contribution in [0.3, 0.4) is 0 Å². The molecular weight excluding hydrogens is 320 g/mol. The van der Waals surface area contributed by atoms with Gasteiger partial charge in [-0.2, -0.15) is 0 Å². The van der Waals surface area contributed by atoms with Crippen LogP contribution in [0.4, 0.5) is 10.5 Å². The second-order valence-electron chi connectivity index (χ2n) is 6.45. The Bertz CT molecular complexity index is 591. The number of urea groups is 1. The number of para-hydroxylation sites is 2. The molecule has 1 aromatic rings. The van der Waals surface area contributed by atoms with Crippen molar-refractivity contribution in [2.45, 2.75) is 12.8 Å². The molecule has 0 aromatic heterocycles. The van der Waals surface area contributed by atoms with Crippen molar-refractivity contribution in [2.24, 2.45) is 5.92 Å². The van der Waals surface area contributed by atoms with Crippen molar-refractivity contribution in [3.05, 3.63) is 24.3 Å². The molecule has 1 unspecified atom stereocenters. The zero-order valence-electron chi connectivity index (χ0n) is 15.2. The number of ether oxygens (including phenoxy) is 1. The van der Waals surface area contributed by atoms with Gasteiger partial charge in [0, 0.05) is 46.7 Å². The molecule has 1 aliphatic heterocycles. The molecule has 2 rings (SSSR count). The normalized spacial score (nSPS) is 16.4. The monoisotopic (exact) mass is 348 g/mol. The highest BCUT2D eigenvalue weighted by Crippen LogP contribution is 2.31. The van der Waals surface area contributed by atoms with Crippen LogP contribution in [0.15, 0.2) is 24.3 Å². The lowest BCUT2D eigenvalue weighted by Crippen LogP contribution is -2.40. The van der Waals surface area contributed by atoms with E-state index in [1.807, 2.05) is 18.2 Å². The number of nitrogens with one attached hydrogen (secondary N) is 2. The summed E-state index contributed by atoms with van der Waals surface area (Å²) in [5, 5.41) is 5.62. The Morgan fingerprint density at radius 2 is 2.04 bits per heavy atom. The number of carbonyl (C=O) groups is 2. The summed E-state index contributed by atoms with van der Waals surface area (Å²) >= 11 is 0. The number of amides is 3. The van der Waals surface area contributed by atoms with Crippen molar-refractivity contribution in [2.75, 3.05) is 52.3 Å². The molecule has 7 heteroatoms. The first-order valence-corrected chi connectivity index (χ1v) is 8.61. The predicted octanol–water partition coefficient (Wildman–Crippen LogP) is 1.30. The minimum absolute atomic E-state index is 0.00328. The van der Waals surface area contributed by atoms with Crippen LogP contribution in [-0.2, 0) is 4.79 Å². The van der Waals surface area contributed by atoms with E-state index in [-0.39, 0.29) is 11.9 Å². The molecule has 3 amide bonds. The highest BCUT2D eigenvalue weighted by atomic mass is 16.5. The third-order valence-electron chi connectivity index (χ3n) is 4.39. The van der Waals surface area contributed by atoms with Gasteiger partial charge in [0.1, 0.15) is 5.75 Å². The first-order valence-electron chi connectivity index (χ1n) is 8.61. The van der Waals surface area contributed by atoms with E-state index in [0.29, 0.717) is 25.4 Å². The van der Waals surface area contributed by atoms with Gasteiger partial charge < -0.3 is 25.2 Å². The highest BCUT2D eigenvalue weighted by molar-refractivity contribution is 5.77. The zero-order chi connectivity index (χ0) is 18.2. The van der Waals surface area contributed by atoms with Gasteiger partial charge in [-0.15, -0.1) is 0 Å². The summed E-state index contributed by atoms with van der Waals surface area (Å²) in [4.78, 5) is 27.1. The largest absolute Gasteiger partial charge is 0.495 e. The second kappa shape index (κ2) is 9.15. The van der Waals surface area contributed by atoms with Gasteiger partial charge in [-0.25, -0.2) is 4.79 Å². The average Bonchev–Trinajstić information content (AvgIpc) is 3.08. The topological polar surface area (TPSA) is 73.9 Å². The molecular formula is C18H28N4O3. The molecule has 1 heterocycles. The van der Waals surface area contributed by atoms with Crippen molar-refractivity contribution < 1.29 is 14.3 Å². The Morgan fingerprint density at radius 1 is 1.28 bits per heavy atom. The number of anilines is 1. The van der Waals surface area contributed by atoms with Crippen molar-refractivity contribution in [3.63, 3.8) is 0 Å². The fourth-order valence-electron chi connectivity index (χ4n) is 2.92. The number of nitrogens with zero attached hydrogens (tertiary/aromatic N) is 2. The number of benzene rings is 1. The number of hydrogen-bond donors (Lipinski definition) is 2. The van der Waals surface area contributed by atoms with Crippen LogP contribution in [-0.4, -0.2) is 64.2 Å². The molecule has 0 saturated carbocycles. The fourth-order valence-corrected chi connectivity index (χ4v) is 2.92. The van der Waals surface area contributed by atoms with Gasteiger partial charge in [-0.1, -0.05) is 12.1 Å². The van der Waals surface area contributed by atoms with Crippen LogP contribution in [0.2, 0.25) is 0 Å². The summed E-state index contributed by atoms with van der Waals surface area (Å²) in [5.41, 5.74) is 1.10. The average molecular weight is 348 g/mol. The molecule has 1 saturated heterocycles. The lowest BCUT2D eigenvalue weighted by Gasteiger charge is -2.21. The number of carbonyl (C=O) groups excluding carboxylic acids is 2. The Morgan fingerprint density at radius 3 is 2.76 bits per heavy atom. The molecule has 25 heavy (non-hydrogen) atoms. The molecule has 1 aromatic carbocycles. The molecule has 0 radical (unpaired) electrons. The van der Waals surface area contributed by atoms with Crippen LogP contribution in [0, 0.1) is 5.92 Å². The van der Waals surface area contributed by atoms with Crippen LogP contribution in [0.1, 0.15) is 12.8 Å². The third kappa shape index (κ3) is 5.55. The third-order valence-corrected chi connectivity index (χ3v) is 4.39. The quantitative estimate of drug-likeness (QED) is 0.779. The Labute approximate surface area is 149 Å². The predicted molar refractivity (Wildman–Crippen MR) is 98.0 cm³/mol. The zero-order valence-corrected chi connectivity index (χ0v) is 15.2. The van der Waals surface area contributed by atoms with Gasteiger partial charge in [0.25, 0.3) is 0 Å². The Balaban J connectivity index is 1.71. The highest BCUT2D eigenvalue weighted by Gasteiger charge is 2.24. The van der Waals surface area contributed by atoms with E-state index < -0.39 is 0 Å². The summed E-state index contributed by atoms with van der Waals surface area (Å²) in [7, 11) is 5.09. The lowest BCUT2D eigenvalue weighted by atomic mass is 10.1. The van der Waals surface area contributed by atoms with Crippen LogP contribution in [0.5, 0.6) is 5.75 Å². The number of methoxy groups -OCH3 is 1. The first-order chi connectivity index (χ1) is 12.0. The Hall–Kier alpha value is -2.44. The minimum Gasteiger partial charge on any atom is -0.495 e. The SMILES string of the molecule is COc1ccccc1N1CCC(CNC(=O)NCCC(=O)N(C)C)C1. The number of rotatable bonds is 7. The molecule has 1 aliphatic rings. The van der Waals surface area contributed by atoms with Crippen molar-refractivity contribution in [1.82, 2.24) is 15.5 Å². The maximum atomic E-state index is 11.8. The smallest absolute Gasteiger partial charge is 0.314 e. The second-order valence-corrected chi connectivity index (χ2v) is 6.45. The summed E-state index contributed by atoms with van der Waals surface area (Å²) in [6.07, 6.45) is 1.34. The lowest BCUT2D eigenvalue weighted by molar-refractivity contribution is -0.128. The van der Waals surface area contributed by atoms with Crippen molar-refractivity contribution >= 4 is 17.6 Å². The molecule has 0 spiro atoms. The molecule has 1 atom stereocenters. The maximum absolute atomic E-state index is 11.8. The van der Waals surface area contributed by atoms with E-state index in [0.717, 1.165) is 30.9 Å². The molecule has 0 aliphatic carbocycles. The standard InChI is InChI=1S/C18H28N4O3/c1-21(2)17(23)8-10-19-18(24)20-12-14-9-11-22(13-14)15-6-4-5-7-16(15)25-3/h4-7,14H,8-13H2,1-3H3,(H2,19,20,24). The van der Waals surface area contributed by atoms with E-state index >= 15 is 0 Å². The fraction of sp³-hybridized carbons (Fsp3) is 0.556. The first kappa shape index (κ1) is 18.9. The van der Waals surface area contributed by atoms with Gasteiger partial charge in [0.15, 0.2) is 0 Å². The van der Waals surface area contributed by atoms with E-state index in [9.17, 15) is 9.59 Å². The van der Waals surface area contributed by atoms with Crippen LogP contribution < -0.4 is 20.3 Å². The van der Waals surface area contributed by atoms with Gasteiger partial charge >= 0.3 is 6.03 Å². The molecule has 1 fully saturated rings. The van der Waals surface area contributed by atoms with E-state index in [1.54, 1.807) is 21.2 Å². The van der Waals surface area contributed by atoms with Crippen LogP contribution in [0.25, 0.3) is 0 Å². The summed E-state index contributed by atoms with van der Waals surface area (Å²) in [5.74, 6) is 1.28. The molecule has 138 valence electrons. The summed E-state index contributed by atoms with van der Waals surface area (Å²) in [6.45, 7) is 2.81. The van der Waals surface area contributed by atoms with Gasteiger partial charge in [-0.05, 0) is 24.5 Å². The van der Waals surface area contributed by atoms with Crippen molar-refractivity contribution in [1.29, 1.82) is 0 Å². The van der Waals surface area contributed by atoms with E-state index in [4.69, 9.17) is 4.74 Å². The molecule has 7 nitrogen and oxygen atoms in total. The molecule has 2 N–H and O–H groups in total.